The van der Waals surface area contributed by atoms with Crippen LogP contribution in [0.4, 0.5) is 0 Å². The topological polar surface area (TPSA) is 29.1 Å². The molecular weight excluding hydrogens is 390 g/mol. The maximum absolute atomic E-state index is 13.6. The van der Waals surface area contributed by atoms with Crippen molar-refractivity contribution in [1.82, 2.24) is 5.32 Å². The van der Waals surface area contributed by atoms with Crippen molar-refractivity contribution in [3.05, 3.63) is 143 Å². The zero-order valence-electron chi connectivity index (χ0n) is 18.1. The average molecular weight is 418 g/mol. The van der Waals surface area contributed by atoms with Crippen LogP contribution in [0.5, 0.6) is 0 Å². The number of hydrogen-bond donors (Lipinski definition) is 1. The molecule has 1 unspecified atom stereocenters. The van der Waals surface area contributed by atoms with Gasteiger partial charge in [-0.3, -0.25) is 4.79 Å². The Bertz CT molecular complexity index is 1090. The third-order valence-corrected chi connectivity index (χ3v) is 6.69. The van der Waals surface area contributed by atoms with Crippen LogP contribution in [0.3, 0.4) is 0 Å². The summed E-state index contributed by atoms with van der Waals surface area (Å²) in [4.78, 5) is 13.6. The van der Waals surface area contributed by atoms with Crippen molar-refractivity contribution in [2.24, 2.45) is 0 Å². The maximum Gasteiger partial charge on any atom is 0.222 e. The molecule has 4 aromatic rings. The number of aryl methyl sites for hydroxylation is 1. The molecule has 4 aromatic carbocycles. The molecule has 0 saturated carbocycles. The Morgan fingerprint density at radius 2 is 1.16 bits per heavy atom. The summed E-state index contributed by atoms with van der Waals surface area (Å²) in [5, 5.41) is 3.36. The van der Waals surface area contributed by atoms with Crippen molar-refractivity contribution in [3.63, 3.8) is 0 Å². The van der Waals surface area contributed by atoms with E-state index in [1.54, 1.807) is 0 Å². The summed E-state index contributed by atoms with van der Waals surface area (Å²) < 4.78 is 0. The van der Waals surface area contributed by atoms with Crippen LogP contribution in [-0.2, 0) is 16.6 Å². The van der Waals surface area contributed by atoms with Crippen molar-refractivity contribution in [3.8, 4) is 0 Å². The molecule has 1 N–H and O–H groups in total. The smallest absolute Gasteiger partial charge is 0.222 e. The van der Waals surface area contributed by atoms with Gasteiger partial charge in [0.1, 0.15) is 0 Å². The Balaban J connectivity index is 1.57. The van der Waals surface area contributed by atoms with Gasteiger partial charge in [0.25, 0.3) is 0 Å². The highest BCUT2D eigenvalue weighted by atomic mass is 16.1. The third-order valence-electron chi connectivity index (χ3n) is 6.69. The largest absolute Gasteiger partial charge is 0.349 e. The molecule has 0 aromatic heterocycles. The van der Waals surface area contributed by atoms with Gasteiger partial charge < -0.3 is 5.32 Å². The molecular formula is C30H27NO. The molecule has 0 saturated heterocycles. The number of fused-ring (bicyclic) bond motifs is 1. The molecule has 1 atom stereocenters. The summed E-state index contributed by atoms with van der Waals surface area (Å²) in [6.45, 7) is 0. The second kappa shape index (κ2) is 8.84. The zero-order valence-corrected chi connectivity index (χ0v) is 18.1. The number of carbonyl (C=O) groups is 1. The molecule has 0 fully saturated rings. The van der Waals surface area contributed by atoms with E-state index in [1.807, 2.05) is 18.2 Å². The Labute approximate surface area is 189 Å². The van der Waals surface area contributed by atoms with Gasteiger partial charge in [-0.2, -0.15) is 0 Å². The van der Waals surface area contributed by atoms with Gasteiger partial charge in [-0.05, 0) is 40.7 Å². The summed E-state index contributed by atoms with van der Waals surface area (Å²) >= 11 is 0. The number of nitrogens with one attached hydrogen (secondary N) is 1. The van der Waals surface area contributed by atoms with Crippen molar-refractivity contribution in [2.45, 2.75) is 30.7 Å². The minimum Gasteiger partial charge on any atom is -0.349 e. The minimum atomic E-state index is -0.564. The van der Waals surface area contributed by atoms with Crippen LogP contribution in [0.2, 0.25) is 0 Å². The monoisotopic (exact) mass is 417 g/mol. The highest BCUT2D eigenvalue weighted by molar-refractivity contribution is 5.80. The van der Waals surface area contributed by atoms with Gasteiger partial charge in [0.2, 0.25) is 5.91 Å². The predicted octanol–water partition coefficient (Wildman–Crippen LogP) is 6.21. The molecule has 1 aliphatic carbocycles. The lowest BCUT2D eigenvalue weighted by molar-refractivity contribution is -0.122. The Morgan fingerprint density at radius 1 is 0.688 bits per heavy atom. The predicted molar refractivity (Wildman–Crippen MR) is 129 cm³/mol. The van der Waals surface area contributed by atoms with Gasteiger partial charge in [0.05, 0.1) is 11.5 Å². The van der Waals surface area contributed by atoms with Crippen LogP contribution in [-0.4, -0.2) is 5.91 Å². The first-order chi connectivity index (χ1) is 15.8. The van der Waals surface area contributed by atoms with Crippen molar-refractivity contribution >= 4 is 5.91 Å². The zero-order chi connectivity index (χ0) is 21.8. The molecule has 1 amide bonds. The lowest BCUT2D eigenvalue weighted by atomic mass is 9.67. The Kier molecular flexibility index (Phi) is 5.60. The fourth-order valence-electron chi connectivity index (χ4n) is 5.17. The van der Waals surface area contributed by atoms with Crippen LogP contribution in [0.15, 0.2) is 115 Å². The van der Waals surface area contributed by atoms with Gasteiger partial charge in [-0.25, -0.2) is 0 Å². The van der Waals surface area contributed by atoms with Gasteiger partial charge >= 0.3 is 0 Å². The number of hydrogen-bond acceptors (Lipinski definition) is 1. The first-order valence-electron chi connectivity index (χ1n) is 11.3. The fraction of sp³-hybridized carbons (Fsp3) is 0.167. The molecule has 5 rings (SSSR count). The maximum atomic E-state index is 13.6. The molecule has 2 heteroatoms. The van der Waals surface area contributed by atoms with Gasteiger partial charge in [0, 0.05) is 6.42 Å². The van der Waals surface area contributed by atoms with E-state index in [4.69, 9.17) is 0 Å². The molecule has 0 radical (unpaired) electrons. The van der Waals surface area contributed by atoms with E-state index in [9.17, 15) is 4.79 Å². The summed E-state index contributed by atoms with van der Waals surface area (Å²) in [5.41, 5.74) is 5.41. The Hall–Kier alpha value is -3.65. The standard InChI is InChI=1S/C30H27NO/c32-29(31-28-21-20-23-12-10-11-19-27(23)28)22-30(24-13-4-1-5-14-24,25-15-6-2-7-16-25)26-17-8-3-9-18-26/h1-19,28H,20-22H2,(H,31,32). The number of rotatable bonds is 6. The number of benzene rings is 4. The van der Waals surface area contributed by atoms with Gasteiger partial charge in [-0.1, -0.05) is 115 Å². The van der Waals surface area contributed by atoms with Gasteiger partial charge in [-0.15, -0.1) is 0 Å². The average Bonchev–Trinajstić information content (AvgIpc) is 3.27. The lowest BCUT2D eigenvalue weighted by Crippen LogP contribution is -2.38. The van der Waals surface area contributed by atoms with Gasteiger partial charge in [0.15, 0.2) is 0 Å². The van der Waals surface area contributed by atoms with E-state index < -0.39 is 5.41 Å². The van der Waals surface area contributed by atoms with E-state index in [0.717, 1.165) is 29.5 Å². The molecule has 2 nitrogen and oxygen atoms in total. The molecule has 0 spiro atoms. The molecule has 158 valence electrons. The van der Waals surface area contributed by atoms with E-state index >= 15 is 0 Å². The normalized spacial score (nSPS) is 15.2. The SMILES string of the molecule is O=C(CC(c1ccccc1)(c1ccccc1)c1ccccc1)NC1CCc2ccccc21. The van der Waals surface area contributed by atoms with Crippen molar-refractivity contribution in [1.29, 1.82) is 0 Å². The highest BCUT2D eigenvalue weighted by Gasteiger charge is 2.39. The van der Waals surface area contributed by atoms with Crippen LogP contribution in [0.25, 0.3) is 0 Å². The quantitative estimate of drug-likeness (QED) is 0.371. The summed E-state index contributed by atoms with van der Waals surface area (Å²) in [7, 11) is 0. The molecule has 0 heterocycles. The second-order valence-corrected chi connectivity index (χ2v) is 8.54. The minimum absolute atomic E-state index is 0.0725. The first-order valence-corrected chi connectivity index (χ1v) is 11.3. The first kappa shape index (κ1) is 20.3. The van der Waals surface area contributed by atoms with Crippen LogP contribution in [0.1, 0.15) is 46.7 Å². The summed E-state index contributed by atoms with van der Waals surface area (Å²) in [5.74, 6) is 0.0725. The lowest BCUT2D eigenvalue weighted by Gasteiger charge is -2.36. The van der Waals surface area contributed by atoms with E-state index in [0.29, 0.717) is 6.42 Å². The number of carbonyl (C=O) groups excluding carboxylic acids is 1. The Morgan fingerprint density at radius 3 is 1.69 bits per heavy atom. The van der Waals surface area contributed by atoms with E-state index in [-0.39, 0.29) is 11.9 Å². The molecule has 0 bridgehead atoms. The summed E-state index contributed by atoms with van der Waals surface area (Å²) in [6.07, 6.45) is 2.33. The van der Waals surface area contributed by atoms with Crippen LogP contribution >= 0.6 is 0 Å². The van der Waals surface area contributed by atoms with Crippen LogP contribution < -0.4 is 5.32 Å². The fourth-order valence-corrected chi connectivity index (χ4v) is 5.17. The van der Waals surface area contributed by atoms with Crippen LogP contribution in [0, 0.1) is 0 Å². The van der Waals surface area contributed by atoms with Crippen molar-refractivity contribution < 1.29 is 4.79 Å². The van der Waals surface area contributed by atoms with Crippen molar-refractivity contribution in [2.75, 3.05) is 0 Å². The second-order valence-electron chi connectivity index (χ2n) is 8.54. The molecule has 1 aliphatic rings. The third kappa shape index (κ3) is 3.73. The number of amides is 1. The highest BCUT2D eigenvalue weighted by Crippen LogP contribution is 2.42. The summed E-state index contributed by atoms with van der Waals surface area (Å²) in [6, 6.07) is 39.8. The molecule has 0 aliphatic heterocycles. The molecule has 32 heavy (non-hydrogen) atoms. The van der Waals surface area contributed by atoms with E-state index in [1.165, 1.54) is 11.1 Å². The van der Waals surface area contributed by atoms with E-state index in [2.05, 4.69) is 102 Å².